The highest BCUT2D eigenvalue weighted by atomic mass is 35.5. The van der Waals surface area contributed by atoms with Crippen molar-refractivity contribution < 1.29 is 4.79 Å². The van der Waals surface area contributed by atoms with Gasteiger partial charge in [0.1, 0.15) is 0 Å². The normalized spacial score (nSPS) is 18.2. The minimum absolute atomic E-state index is 0. The molecule has 0 radical (unpaired) electrons. The molecule has 100 valence electrons. The number of halogens is 1. The van der Waals surface area contributed by atoms with Crippen LogP contribution in [0.25, 0.3) is 0 Å². The monoisotopic (exact) mass is 268 g/mol. The molecule has 1 aliphatic rings. The second kappa shape index (κ2) is 7.39. The molecular weight excluding hydrogens is 248 g/mol. The number of nitrogens with one attached hydrogen (secondary N) is 2. The van der Waals surface area contributed by atoms with E-state index in [1.165, 1.54) is 12.0 Å². The van der Waals surface area contributed by atoms with Crippen molar-refractivity contribution in [3.05, 3.63) is 29.8 Å². The summed E-state index contributed by atoms with van der Waals surface area (Å²) in [6.07, 6.45) is 3.90. The molecule has 3 nitrogen and oxygen atoms in total. The number of anilines is 1. The third-order valence-electron chi connectivity index (χ3n) is 3.24. The van der Waals surface area contributed by atoms with Crippen molar-refractivity contribution in [2.24, 2.45) is 0 Å². The topological polar surface area (TPSA) is 41.1 Å². The lowest BCUT2D eigenvalue weighted by Gasteiger charge is -2.10. The number of rotatable bonds is 4. The van der Waals surface area contributed by atoms with Gasteiger partial charge in [-0.2, -0.15) is 0 Å². The Balaban J connectivity index is 0.00000162. The van der Waals surface area contributed by atoms with E-state index in [1.54, 1.807) is 0 Å². The molecule has 0 aliphatic carbocycles. The highest BCUT2D eigenvalue weighted by Crippen LogP contribution is 2.13. The molecular formula is C14H21ClN2O. The Hall–Kier alpha value is -1.06. The van der Waals surface area contributed by atoms with Gasteiger partial charge in [-0.15, -0.1) is 12.4 Å². The lowest BCUT2D eigenvalue weighted by atomic mass is 10.1. The Morgan fingerprint density at radius 1 is 1.39 bits per heavy atom. The number of amides is 1. The Morgan fingerprint density at radius 3 is 2.67 bits per heavy atom. The molecule has 1 atom stereocenters. The molecule has 1 fully saturated rings. The zero-order valence-corrected chi connectivity index (χ0v) is 11.6. The Bertz CT molecular complexity index is 372. The minimum Gasteiger partial charge on any atom is -0.326 e. The fourth-order valence-electron chi connectivity index (χ4n) is 2.19. The average molecular weight is 269 g/mol. The maximum Gasteiger partial charge on any atom is 0.225 e. The van der Waals surface area contributed by atoms with Crippen LogP contribution in [0.5, 0.6) is 0 Å². The molecule has 0 aromatic heterocycles. The fourth-order valence-corrected chi connectivity index (χ4v) is 2.19. The second-order valence-corrected chi connectivity index (χ2v) is 4.60. The maximum atomic E-state index is 11.8. The zero-order chi connectivity index (χ0) is 12.1. The molecule has 1 heterocycles. The molecule has 1 saturated heterocycles. The van der Waals surface area contributed by atoms with Crippen LogP contribution >= 0.6 is 12.4 Å². The molecule has 1 aliphatic heterocycles. The van der Waals surface area contributed by atoms with Crippen molar-refractivity contribution in [3.8, 4) is 0 Å². The Morgan fingerprint density at radius 2 is 2.11 bits per heavy atom. The first-order chi connectivity index (χ1) is 8.28. The van der Waals surface area contributed by atoms with Gasteiger partial charge >= 0.3 is 0 Å². The van der Waals surface area contributed by atoms with E-state index in [2.05, 4.69) is 29.7 Å². The molecule has 2 N–H and O–H groups in total. The van der Waals surface area contributed by atoms with Crippen LogP contribution in [0, 0.1) is 0 Å². The van der Waals surface area contributed by atoms with Crippen LogP contribution in [-0.4, -0.2) is 18.5 Å². The zero-order valence-electron chi connectivity index (χ0n) is 10.7. The van der Waals surface area contributed by atoms with E-state index in [0.717, 1.165) is 25.1 Å². The number of carbonyl (C=O) groups excluding carboxylic acids is 1. The Labute approximate surface area is 115 Å². The summed E-state index contributed by atoms with van der Waals surface area (Å²) in [6.45, 7) is 3.17. The van der Waals surface area contributed by atoms with Crippen LogP contribution < -0.4 is 10.6 Å². The fraction of sp³-hybridized carbons (Fsp3) is 0.500. The third kappa shape index (κ3) is 4.31. The molecule has 1 aromatic rings. The van der Waals surface area contributed by atoms with Crippen LogP contribution in [-0.2, 0) is 11.2 Å². The van der Waals surface area contributed by atoms with Crippen molar-refractivity contribution in [2.45, 2.75) is 38.6 Å². The van der Waals surface area contributed by atoms with Crippen LogP contribution in [0.2, 0.25) is 0 Å². The quantitative estimate of drug-likeness (QED) is 0.882. The van der Waals surface area contributed by atoms with Gasteiger partial charge in [-0.1, -0.05) is 19.1 Å². The first kappa shape index (κ1) is 15.0. The Kier molecular flexibility index (Phi) is 6.16. The standard InChI is InChI=1S/C14H20N2O.ClH/c1-2-11-5-7-12(8-6-11)16-14(17)10-13-4-3-9-15-13;/h5-8,13,15H,2-4,9-10H2,1H3,(H,16,17);1H. The van der Waals surface area contributed by atoms with E-state index in [1.807, 2.05) is 12.1 Å². The van der Waals surface area contributed by atoms with E-state index >= 15 is 0 Å². The van der Waals surface area contributed by atoms with Crippen LogP contribution in [0.15, 0.2) is 24.3 Å². The van der Waals surface area contributed by atoms with Gasteiger partial charge in [-0.25, -0.2) is 0 Å². The van der Waals surface area contributed by atoms with E-state index in [0.29, 0.717) is 12.5 Å². The van der Waals surface area contributed by atoms with Gasteiger partial charge in [0, 0.05) is 18.2 Å². The van der Waals surface area contributed by atoms with E-state index in [9.17, 15) is 4.79 Å². The summed E-state index contributed by atoms with van der Waals surface area (Å²) in [4.78, 5) is 11.8. The summed E-state index contributed by atoms with van der Waals surface area (Å²) in [7, 11) is 0. The first-order valence-electron chi connectivity index (χ1n) is 6.40. The SMILES string of the molecule is CCc1ccc(NC(=O)CC2CCCN2)cc1.Cl. The van der Waals surface area contributed by atoms with Gasteiger partial charge in [0.2, 0.25) is 5.91 Å². The van der Waals surface area contributed by atoms with Gasteiger partial charge < -0.3 is 10.6 Å². The smallest absolute Gasteiger partial charge is 0.225 e. The summed E-state index contributed by atoms with van der Waals surface area (Å²) < 4.78 is 0. The van der Waals surface area contributed by atoms with E-state index in [-0.39, 0.29) is 18.3 Å². The third-order valence-corrected chi connectivity index (χ3v) is 3.24. The summed E-state index contributed by atoms with van der Waals surface area (Å²) in [5.41, 5.74) is 2.19. The van der Waals surface area contributed by atoms with Gasteiger partial charge in [0.25, 0.3) is 0 Å². The van der Waals surface area contributed by atoms with Crippen molar-refractivity contribution in [1.82, 2.24) is 5.32 Å². The van der Waals surface area contributed by atoms with Gasteiger partial charge in [0.05, 0.1) is 0 Å². The highest BCUT2D eigenvalue weighted by molar-refractivity contribution is 5.91. The molecule has 18 heavy (non-hydrogen) atoms. The number of aryl methyl sites for hydroxylation is 1. The largest absolute Gasteiger partial charge is 0.326 e. The van der Waals surface area contributed by atoms with Crippen LogP contribution in [0.4, 0.5) is 5.69 Å². The van der Waals surface area contributed by atoms with Crippen molar-refractivity contribution in [3.63, 3.8) is 0 Å². The van der Waals surface area contributed by atoms with Crippen molar-refractivity contribution in [2.75, 3.05) is 11.9 Å². The highest BCUT2D eigenvalue weighted by Gasteiger charge is 2.17. The number of benzene rings is 1. The van der Waals surface area contributed by atoms with Crippen molar-refractivity contribution in [1.29, 1.82) is 0 Å². The van der Waals surface area contributed by atoms with Gasteiger partial charge in [0.15, 0.2) is 0 Å². The summed E-state index contributed by atoms with van der Waals surface area (Å²) in [6, 6.07) is 8.43. The number of hydrogen-bond acceptors (Lipinski definition) is 2. The van der Waals surface area contributed by atoms with Gasteiger partial charge in [-0.05, 0) is 43.5 Å². The summed E-state index contributed by atoms with van der Waals surface area (Å²) >= 11 is 0. The molecule has 1 aromatic carbocycles. The molecule has 0 saturated carbocycles. The van der Waals surface area contributed by atoms with Crippen molar-refractivity contribution >= 4 is 24.0 Å². The lowest BCUT2D eigenvalue weighted by Crippen LogP contribution is -2.27. The molecule has 2 rings (SSSR count). The summed E-state index contributed by atoms with van der Waals surface area (Å²) in [5, 5.41) is 6.27. The van der Waals surface area contributed by atoms with E-state index < -0.39 is 0 Å². The maximum absolute atomic E-state index is 11.8. The van der Waals surface area contributed by atoms with Gasteiger partial charge in [-0.3, -0.25) is 4.79 Å². The molecule has 1 amide bonds. The predicted octanol–water partition coefficient (Wildman–Crippen LogP) is 2.75. The van der Waals surface area contributed by atoms with Crippen LogP contribution in [0.3, 0.4) is 0 Å². The summed E-state index contributed by atoms with van der Waals surface area (Å²) in [5.74, 6) is 0.105. The predicted molar refractivity (Wildman–Crippen MR) is 77.3 cm³/mol. The number of hydrogen-bond donors (Lipinski definition) is 2. The number of carbonyl (C=O) groups is 1. The van der Waals surface area contributed by atoms with E-state index in [4.69, 9.17) is 0 Å². The second-order valence-electron chi connectivity index (χ2n) is 4.60. The molecule has 4 heteroatoms. The van der Waals surface area contributed by atoms with Crippen LogP contribution in [0.1, 0.15) is 31.7 Å². The molecule has 0 spiro atoms. The molecule has 1 unspecified atom stereocenters. The lowest BCUT2D eigenvalue weighted by molar-refractivity contribution is -0.116. The minimum atomic E-state index is 0. The average Bonchev–Trinajstić information content (AvgIpc) is 2.82. The molecule has 0 bridgehead atoms. The first-order valence-corrected chi connectivity index (χ1v) is 6.40.